The molecule has 2 saturated carbocycles. The minimum atomic E-state index is -0.580. The van der Waals surface area contributed by atoms with Gasteiger partial charge in [0.05, 0.1) is 5.60 Å². The zero-order chi connectivity index (χ0) is 13.9. The van der Waals surface area contributed by atoms with Crippen LogP contribution in [0.3, 0.4) is 0 Å². The van der Waals surface area contributed by atoms with Crippen LogP contribution < -0.4 is 0 Å². The molecule has 3 rings (SSSR count). The number of benzene rings is 1. The van der Waals surface area contributed by atoms with E-state index >= 15 is 0 Å². The van der Waals surface area contributed by atoms with Gasteiger partial charge in [-0.15, -0.1) is 0 Å². The largest absolute Gasteiger partial charge is 0.388 e. The fourth-order valence-electron chi connectivity index (χ4n) is 4.73. The third-order valence-electron chi connectivity index (χ3n) is 6.18. The lowest BCUT2D eigenvalue weighted by Gasteiger charge is -2.51. The maximum Gasteiger partial charge on any atom is 0.0794 e. The smallest absolute Gasteiger partial charge is 0.0794 e. The molecule has 0 saturated heterocycles. The van der Waals surface area contributed by atoms with Crippen LogP contribution in [0, 0.1) is 16.7 Å². The first kappa shape index (κ1) is 13.6. The highest BCUT2D eigenvalue weighted by molar-refractivity contribution is 9.10. The Morgan fingerprint density at radius 2 is 2.05 bits per heavy atom. The average Bonchev–Trinajstić information content (AvgIpc) is 2.78. The minimum Gasteiger partial charge on any atom is -0.388 e. The van der Waals surface area contributed by atoms with Gasteiger partial charge in [0.25, 0.3) is 0 Å². The summed E-state index contributed by atoms with van der Waals surface area (Å²) in [6.45, 7) is 6.82. The first-order valence-corrected chi connectivity index (χ1v) is 8.05. The highest BCUT2D eigenvalue weighted by Gasteiger charge is 2.67. The van der Waals surface area contributed by atoms with Crippen molar-refractivity contribution in [2.24, 2.45) is 16.7 Å². The summed E-state index contributed by atoms with van der Waals surface area (Å²) in [4.78, 5) is 0. The molecule has 2 bridgehead atoms. The zero-order valence-corrected chi connectivity index (χ0v) is 13.6. The molecule has 1 nitrogen and oxygen atoms in total. The summed E-state index contributed by atoms with van der Waals surface area (Å²) in [5.74, 6) is 0.676. The number of hydrogen-bond donors (Lipinski definition) is 1. The molecular weight excluding hydrogens is 300 g/mol. The van der Waals surface area contributed by atoms with E-state index in [0.717, 1.165) is 10.9 Å². The van der Waals surface area contributed by atoms with Gasteiger partial charge in [-0.25, -0.2) is 0 Å². The Kier molecular flexibility index (Phi) is 2.93. The Balaban J connectivity index is 1.98. The van der Waals surface area contributed by atoms with E-state index in [2.05, 4.69) is 54.9 Å². The van der Waals surface area contributed by atoms with E-state index in [0.29, 0.717) is 5.92 Å². The van der Waals surface area contributed by atoms with Gasteiger partial charge >= 0.3 is 0 Å². The molecule has 2 aliphatic rings. The molecule has 2 heteroatoms. The molecule has 0 aliphatic heterocycles. The SMILES string of the molecule is CC12CCC(C1)C(C)(C)C2(O)Cc1cccc(Br)c1. The summed E-state index contributed by atoms with van der Waals surface area (Å²) in [5.41, 5.74) is 0.758. The van der Waals surface area contributed by atoms with Crippen molar-refractivity contribution in [3.05, 3.63) is 34.3 Å². The van der Waals surface area contributed by atoms with E-state index in [9.17, 15) is 5.11 Å². The van der Waals surface area contributed by atoms with Crippen molar-refractivity contribution >= 4 is 15.9 Å². The lowest BCUT2D eigenvalue weighted by Crippen LogP contribution is -2.55. The predicted molar refractivity (Wildman–Crippen MR) is 82.0 cm³/mol. The Hall–Kier alpha value is -0.340. The van der Waals surface area contributed by atoms with E-state index in [-0.39, 0.29) is 10.8 Å². The molecule has 2 fully saturated rings. The summed E-state index contributed by atoms with van der Waals surface area (Å²) in [7, 11) is 0. The molecule has 2 aliphatic carbocycles. The third kappa shape index (κ3) is 1.76. The molecule has 0 spiro atoms. The second-order valence-electron chi connectivity index (χ2n) is 7.39. The van der Waals surface area contributed by atoms with Gasteiger partial charge in [-0.3, -0.25) is 0 Å². The molecule has 1 aromatic rings. The van der Waals surface area contributed by atoms with Crippen LogP contribution in [0.4, 0.5) is 0 Å². The first-order valence-electron chi connectivity index (χ1n) is 7.25. The Morgan fingerprint density at radius 1 is 1.32 bits per heavy atom. The van der Waals surface area contributed by atoms with Gasteiger partial charge in [-0.05, 0) is 53.7 Å². The fourth-order valence-corrected chi connectivity index (χ4v) is 5.18. The van der Waals surface area contributed by atoms with Crippen LogP contribution in [0.1, 0.15) is 45.6 Å². The van der Waals surface area contributed by atoms with Crippen LogP contribution in [0.15, 0.2) is 28.7 Å². The van der Waals surface area contributed by atoms with Crippen molar-refractivity contribution in [2.75, 3.05) is 0 Å². The quantitative estimate of drug-likeness (QED) is 0.845. The van der Waals surface area contributed by atoms with Gasteiger partial charge in [-0.2, -0.15) is 0 Å². The van der Waals surface area contributed by atoms with Gasteiger partial charge in [0.2, 0.25) is 0 Å². The van der Waals surface area contributed by atoms with Crippen molar-refractivity contribution in [2.45, 2.75) is 52.1 Å². The molecule has 3 atom stereocenters. The van der Waals surface area contributed by atoms with E-state index in [1.165, 1.54) is 24.8 Å². The molecule has 1 N–H and O–H groups in total. The molecule has 0 aromatic heterocycles. The van der Waals surface area contributed by atoms with Gasteiger partial charge in [-0.1, -0.05) is 48.8 Å². The van der Waals surface area contributed by atoms with Crippen molar-refractivity contribution < 1.29 is 5.11 Å². The van der Waals surface area contributed by atoms with Crippen LogP contribution in [0.5, 0.6) is 0 Å². The number of hydrogen-bond acceptors (Lipinski definition) is 1. The monoisotopic (exact) mass is 322 g/mol. The van der Waals surface area contributed by atoms with Crippen LogP contribution in [-0.4, -0.2) is 10.7 Å². The van der Waals surface area contributed by atoms with Gasteiger partial charge in [0.15, 0.2) is 0 Å². The summed E-state index contributed by atoms with van der Waals surface area (Å²) < 4.78 is 1.10. The number of aliphatic hydroxyl groups is 1. The highest BCUT2D eigenvalue weighted by atomic mass is 79.9. The van der Waals surface area contributed by atoms with E-state index in [4.69, 9.17) is 0 Å². The van der Waals surface area contributed by atoms with Gasteiger partial charge in [0.1, 0.15) is 0 Å². The molecule has 19 heavy (non-hydrogen) atoms. The lowest BCUT2D eigenvalue weighted by atomic mass is 9.58. The normalized spacial score (nSPS) is 39.7. The molecule has 0 radical (unpaired) electrons. The maximum atomic E-state index is 11.5. The van der Waals surface area contributed by atoms with Gasteiger partial charge < -0.3 is 5.11 Å². The number of halogens is 1. The van der Waals surface area contributed by atoms with E-state index in [1.807, 2.05) is 6.07 Å². The maximum absolute atomic E-state index is 11.5. The molecule has 3 unspecified atom stereocenters. The van der Waals surface area contributed by atoms with Crippen LogP contribution >= 0.6 is 15.9 Å². The highest BCUT2D eigenvalue weighted by Crippen LogP contribution is 2.68. The van der Waals surface area contributed by atoms with Crippen LogP contribution in [-0.2, 0) is 6.42 Å². The van der Waals surface area contributed by atoms with Crippen LogP contribution in [0.2, 0.25) is 0 Å². The van der Waals surface area contributed by atoms with Crippen LogP contribution in [0.25, 0.3) is 0 Å². The predicted octanol–water partition coefficient (Wildman–Crippen LogP) is 4.57. The van der Waals surface area contributed by atoms with Crippen molar-refractivity contribution in [3.8, 4) is 0 Å². The summed E-state index contributed by atoms with van der Waals surface area (Å²) >= 11 is 3.53. The average molecular weight is 323 g/mol. The third-order valence-corrected chi connectivity index (χ3v) is 6.67. The Morgan fingerprint density at radius 3 is 2.63 bits per heavy atom. The minimum absolute atomic E-state index is 0.0162. The molecule has 0 heterocycles. The van der Waals surface area contributed by atoms with E-state index < -0.39 is 5.60 Å². The van der Waals surface area contributed by atoms with Crippen molar-refractivity contribution in [1.82, 2.24) is 0 Å². The Labute approximate surface area is 124 Å². The molecule has 0 amide bonds. The molecule has 1 aromatic carbocycles. The molecule has 104 valence electrons. The van der Waals surface area contributed by atoms with E-state index in [1.54, 1.807) is 0 Å². The second-order valence-corrected chi connectivity index (χ2v) is 8.30. The summed E-state index contributed by atoms with van der Waals surface area (Å²) in [6.07, 6.45) is 4.41. The molecular formula is C17H23BrO. The lowest BCUT2D eigenvalue weighted by molar-refractivity contribution is -0.141. The summed E-state index contributed by atoms with van der Waals surface area (Å²) in [5, 5.41) is 11.5. The number of fused-ring (bicyclic) bond motifs is 2. The van der Waals surface area contributed by atoms with Gasteiger partial charge in [0, 0.05) is 10.9 Å². The summed E-state index contributed by atoms with van der Waals surface area (Å²) in [6, 6.07) is 8.38. The second kappa shape index (κ2) is 4.08. The topological polar surface area (TPSA) is 20.2 Å². The van der Waals surface area contributed by atoms with Crippen molar-refractivity contribution in [3.63, 3.8) is 0 Å². The first-order chi connectivity index (χ1) is 8.78. The standard InChI is InChI=1S/C17H23BrO/c1-15(2)13-7-8-16(3,11-13)17(15,19)10-12-5-4-6-14(18)9-12/h4-6,9,13,19H,7-8,10-11H2,1-3H3. The number of rotatable bonds is 2. The van der Waals surface area contributed by atoms with Crippen molar-refractivity contribution in [1.29, 1.82) is 0 Å². The Bertz CT molecular complexity index is 503. The fraction of sp³-hybridized carbons (Fsp3) is 0.647. The zero-order valence-electron chi connectivity index (χ0n) is 12.0.